The molecule has 0 amide bonds. The maximum Gasteiger partial charge on any atom is 0.339 e. The number of benzene rings is 1. The van der Waals surface area contributed by atoms with Gasteiger partial charge in [-0.2, -0.15) is 0 Å². The van der Waals surface area contributed by atoms with E-state index in [1.807, 2.05) is 12.1 Å². The summed E-state index contributed by atoms with van der Waals surface area (Å²) in [5.74, 6) is -0.952. The summed E-state index contributed by atoms with van der Waals surface area (Å²) >= 11 is 6.02. The summed E-state index contributed by atoms with van der Waals surface area (Å²) in [6.07, 6.45) is 4.63. The Morgan fingerprint density at radius 1 is 1.39 bits per heavy atom. The Hall–Kier alpha value is -1.22. The van der Waals surface area contributed by atoms with Crippen molar-refractivity contribution in [2.45, 2.75) is 38.6 Å². The fourth-order valence-electron chi connectivity index (χ4n) is 2.60. The van der Waals surface area contributed by atoms with Gasteiger partial charge >= 0.3 is 5.97 Å². The van der Waals surface area contributed by atoms with E-state index in [0.29, 0.717) is 11.1 Å². The lowest BCUT2D eigenvalue weighted by Crippen LogP contribution is -2.33. The van der Waals surface area contributed by atoms with E-state index in [0.717, 1.165) is 25.1 Å². The Kier molecular flexibility index (Phi) is 4.12. The van der Waals surface area contributed by atoms with Crippen LogP contribution >= 0.6 is 11.6 Å². The lowest BCUT2D eigenvalue weighted by molar-refractivity contribution is 0.0697. The molecule has 2 rings (SSSR count). The largest absolute Gasteiger partial charge is 0.478 e. The van der Waals surface area contributed by atoms with Gasteiger partial charge in [-0.05, 0) is 31.9 Å². The van der Waals surface area contributed by atoms with Gasteiger partial charge in [-0.3, -0.25) is 0 Å². The second-order valence-corrected chi connectivity index (χ2v) is 5.24. The van der Waals surface area contributed by atoms with Gasteiger partial charge in [-0.15, -0.1) is 0 Å². The van der Waals surface area contributed by atoms with Crippen LogP contribution in [-0.4, -0.2) is 23.7 Å². The number of halogens is 1. The third-order valence-electron chi connectivity index (χ3n) is 3.57. The van der Waals surface area contributed by atoms with Gasteiger partial charge in [-0.1, -0.05) is 30.5 Å². The molecule has 98 valence electrons. The first kappa shape index (κ1) is 13.2. The summed E-state index contributed by atoms with van der Waals surface area (Å²) in [4.78, 5) is 13.5. The predicted molar refractivity (Wildman–Crippen MR) is 73.7 cm³/mol. The van der Waals surface area contributed by atoms with Crippen molar-refractivity contribution >= 4 is 23.3 Å². The maximum absolute atomic E-state index is 11.4. The summed E-state index contributed by atoms with van der Waals surface area (Å²) in [5.41, 5.74) is 0.984. The number of aromatic carboxylic acids is 1. The Morgan fingerprint density at radius 3 is 2.89 bits per heavy atom. The minimum atomic E-state index is -0.952. The summed E-state index contributed by atoms with van der Waals surface area (Å²) < 4.78 is 0. The van der Waals surface area contributed by atoms with Crippen LogP contribution in [0.1, 0.15) is 43.0 Å². The van der Waals surface area contributed by atoms with Gasteiger partial charge in [0.1, 0.15) is 5.56 Å². The summed E-state index contributed by atoms with van der Waals surface area (Å²) in [6.45, 7) is 3.06. The van der Waals surface area contributed by atoms with Gasteiger partial charge in [0.15, 0.2) is 0 Å². The average molecular weight is 268 g/mol. The second kappa shape index (κ2) is 5.61. The molecule has 0 aromatic heterocycles. The van der Waals surface area contributed by atoms with Crippen LogP contribution in [0.25, 0.3) is 0 Å². The van der Waals surface area contributed by atoms with Crippen LogP contribution in [0.2, 0.25) is 5.02 Å². The smallest absolute Gasteiger partial charge is 0.339 e. The second-order valence-electron chi connectivity index (χ2n) is 4.83. The van der Waals surface area contributed by atoms with Crippen molar-refractivity contribution in [3.05, 3.63) is 28.8 Å². The highest BCUT2D eigenvalue weighted by atomic mass is 35.5. The molecule has 18 heavy (non-hydrogen) atoms. The van der Waals surface area contributed by atoms with Crippen molar-refractivity contribution in [3.63, 3.8) is 0 Å². The molecule has 0 spiro atoms. The van der Waals surface area contributed by atoms with Crippen LogP contribution < -0.4 is 4.90 Å². The van der Waals surface area contributed by atoms with Crippen molar-refractivity contribution in [3.8, 4) is 0 Å². The van der Waals surface area contributed by atoms with E-state index in [4.69, 9.17) is 11.6 Å². The van der Waals surface area contributed by atoms with Gasteiger partial charge in [0.2, 0.25) is 0 Å². The number of hydrogen-bond acceptors (Lipinski definition) is 2. The molecule has 1 heterocycles. The number of carboxylic acid groups (broad SMARTS) is 1. The number of anilines is 1. The molecule has 1 aromatic carbocycles. The molecule has 4 heteroatoms. The zero-order valence-electron chi connectivity index (χ0n) is 10.5. The highest BCUT2D eigenvalue weighted by molar-refractivity contribution is 6.34. The number of carboxylic acids is 1. The van der Waals surface area contributed by atoms with E-state index in [1.54, 1.807) is 6.07 Å². The minimum Gasteiger partial charge on any atom is -0.478 e. The normalized spacial score (nSPS) is 20.6. The molecular formula is C14H18ClNO2. The molecule has 1 aliphatic rings. The Labute approximate surface area is 112 Å². The van der Waals surface area contributed by atoms with Crippen LogP contribution in [0.3, 0.4) is 0 Å². The van der Waals surface area contributed by atoms with Crippen molar-refractivity contribution in [2.75, 3.05) is 11.4 Å². The predicted octanol–water partition coefficient (Wildman–Crippen LogP) is 3.81. The number of rotatable bonds is 2. The monoisotopic (exact) mass is 267 g/mol. The van der Waals surface area contributed by atoms with Crippen LogP contribution in [0.4, 0.5) is 5.69 Å². The van der Waals surface area contributed by atoms with E-state index < -0.39 is 5.97 Å². The van der Waals surface area contributed by atoms with Crippen LogP contribution in [0.15, 0.2) is 18.2 Å². The van der Waals surface area contributed by atoms with Gasteiger partial charge in [-0.25, -0.2) is 4.79 Å². The molecular weight excluding hydrogens is 250 g/mol. The number of hydrogen-bond donors (Lipinski definition) is 1. The fourth-order valence-corrected chi connectivity index (χ4v) is 2.85. The van der Waals surface area contributed by atoms with Gasteiger partial charge in [0.05, 0.1) is 10.7 Å². The van der Waals surface area contributed by atoms with E-state index in [9.17, 15) is 9.90 Å². The first-order chi connectivity index (χ1) is 8.61. The van der Waals surface area contributed by atoms with Gasteiger partial charge in [0, 0.05) is 12.6 Å². The molecule has 1 fully saturated rings. The summed E-state index contributed by atoms with van der Waals surface area (Å²) in [5, 5.41) is 9.64. The molecule has 0 bridgehead atoms. The number of carbonyl (C=O) groups is 1. The zero-order chi connectivity index (χ0) is 13.1. The standard InChI is InChI=1S/C14H18ClNO2/c1-10-6-3-2-4-9-16(10)12-8-5-7-11(15)13(12)14(17)18/h5,7-8,10H,2-4,6,9H2,1H3,(H,17,18). The highest BCUT2D eigenvalue weighted by Gasteiger charge is 2.23. The third kappa shape index (κ3) is 2.61. The van der Waals surface area contributed by atoms with E-state index in [-0.39, 0.29) is 5.56 Å². The van der Waals surface area contributed by atoms with Gasteiger partial charge < -0.3 is 10.0 Å². The molecule has 0 radical (unpaired) electrons. The molecule has 1 N–H and O–H groups in total. The molecule has 1 atom stereocenters. The quantitative estimate of drug-likeness (QED) is 0.886. The van der Waals surface area contributed by atoms with Crippen LogP contribution in [0, 0.1) is 0 Å². The lowest BCUT2D eigenvalue weighted by atomic mass is 10.1. The fraction of sp³-hybridized carbons (Fsp3) is 0.500. The van der Waals surface area contributed by atoms with E-state index in [2.05, 4.69) is 11.8 Å². The summed E-state index contributed by atoms with van der Waals surface area (Å²) in [6, 6.07) is 5.68. The van der Waals surface area contributed by atoms with Crippen molar-refractivity contribution in [2.24, 2.45) is 0 Å². The van der Waals surface area contributed by atoms with E-state index >= 15 is 0 Å². The molecule has 1 unspecified atom stereocenters. The van der Waals surface area contributed by atoms with Crippen LogP contribution in [0.5, 0.6) is 0 Å². The van der Waals surface area contributed by atoms with E-state index in [1.165, 1.54) is 12.8 Å². The molecule has 1 aromatic rings. The summed E-state index contributed by atoms with van der Waals surface area (Å²) in [7, 11) is 0. The molecule has 1 saturated heterocycles. The molecule has 0 saturated carbocycles. The topological polar surface area (TPSA) is 40.5 Å². The first-order valence-corrected chi connectivity index (χ1v) is 6.77. The highest BCUT2D eigenvalue weighted by Crippen LogP contribution is 2.31. The third-order valence-corrected chi connectivity index (χ3v) is 3.88. The van der Waals surface area contributed by atoms with Gasteiger partial charge in [0.25, 0.3) is 0 Å². The maximum atomic E-state index is 11.4. The minimum absolute atomic E-state index is 0.230. The lowest BCUT2D eigenvalue weighted by Gasteiger charge is -2.30. The number of nitrogens with zero attached hydrogens (tertiary/aromatic N) is 1. The Balaban J connectivity index is 2.42. The molecule has 0 aliphatic carbocycles. The average Bonchev–Trinajstić information content (AvgIpc) is 2.53. The molecule has 1 aliphatic heterocycles. The molecule has 3 nitrogen and oxygen atoms in total. The van der Waals surface area contributed by atoms with Crippen molar-refractivity contribution in [1.29, 1.82) is 0 Å². The first-order valence-electron chi connectivity index (χ1n) is 6.39. The zero-order valence-corrected chi connectivity index (χ0v) is 11.3. The SMILES string of the molecule is CC1CCCCCN1c1cccc(Cl)c1C(=O)O. The Bertz CT molecular complexity index is 447. The van der Waals surface area contributed by atoms with Crippen LogP contribution in [-0.2, 0) is 0 Å². The van der Waals surface area contributed by atoms with Crippen molar-refractivity contribution in [1.82, 2.24) is 0 Å². The Morgan fingerprint density at radius 2 is 2.17 bits per heavy atom. The van der Waals surface area contributed by atoms with Crippen molar-refractivity contribution < 1.29 is 9.90 Å².